The molecular formula is C22H27N3O3. The maximum absolute atomic E-state index is 13.0. The van der Waals surface area contributed by atoms with Crippen LogP contribution in [0.2, 0.25) is 0 Å². The van der Waals surface area contributed by atoms with Crippen LogP contribution < -0.4 is 5.32 Å². The summed E-state index contributed by atoms with van der Waals surface area (Å²) in [4.78, 5) is 30.8. The average Bonchev–Trinajstić information content (AvgIpc) is 3.46. The second kappa shape index (κ2) is 7.51. The highest BCUT2D eigenvalue weighted by molar-refractivity contribution is 6.06. The Kier molecular flexibility index (Phi) is 5.06. The number of aliphatic carboxylic acids is 1. The number of carbonyl (C=O) groups excluding carboxylic acids is 1. The van der Waals surface area contributed by atoms with Crippen molar-refractivity contribution in [2.24, 2.45) is 0 Å². The van der Waals surface area contributed by atoms with Gasteiger partial charge >= 0.3 is 5.97 Å². The highest BCUT2D eigenvalue weighted by Gasteiger charge is 2.35. The smallest absolute Gasteiger partial charge is 0.317 e. The molecule has 1 heterocycles. The molecule has 2 N–H and O–H groups in total. The molecule has 0 radical (unpaired) electrons. The van der Waals surface area contributed by atoms with Gasteiger partial charge in [-0.1, -0.05) is 18.6 Å². The molecule has 28 heavy (non-hydrogen) atoms. The molecule has 6 nitrogen and oxygen atoms in total. The lowest BCUT2D eigenvalue weighted by Gasteiger charge is -2.42. The van der Waals surface area contributed by atoms with Crippen molar-refractivity contribution in [2.45, 2.75) is 57.5 Å². The van der Waals surface area contributed by atoms with Gasteiger partial charge in [-0.2, -0.15) is 0 Å². The standard InChI is InChI=1S/C22H27N3O3/c1-3-25(12-21(26)27)16-9-15(10-16)23-22(28)18-11-20(14-5-6-14)24-19-7-4-13(2)8-17(18)19/h4,7-8,11,14-16H,3,5-6,9-10,12H2,1-2H3,(H,23,28)(H,26,27). The number of benzene rings is 1. The summed E-state index contributed by atoms with van der Waals surface area (Å²) in [5, 5.41) is 13.1. The molecule has 1 amide bonds. The fourth-order valence-corrected chi connectivity index (χ4v) is 4.08. The number of fused-ring (bicyclic) bond motifs is 1. The number of pyridine rings is 1. The number of carboxylic acid groups (broad SMARTS) is 1. The number of amides is 1. The first-order chi connectivity index (χ1) is 13.4. The number of aryl methyl sites for hydroxylation is 1. The Labute approximate surface area is 164 Å². The number of hydrogen-bond acceptors (Lipinski definition) is 4. The van der Waals surface area contributed by atoms with Crippen LogP contribution in [-0.2, 0) is 4.79 Å². The molecule has 0 unspecified atom stereocenters. The summed E-state index contributed by atoms with van der Waals surface area (Å²) < 4.78 is 0. The normalized spacial score (nSPS) is 21.5. The van der Waals surface area contributed by atoms with Crippen molar-refractivity contribution < 1.29 is 14.7 Å². The minimum Gasteiger partial charge on any atom is -0.480 e. The number of nitrogens with one attached hydrogen (secondary N) is 1. The van der Waals surface area contributed by atoms with Crippen molar-refractivity contribution in [3.05, 3.63) is 41.1 Å². The van der Waals surface area contributed by atoms with Crippen molar-refractivity contribution in [3.8, 4) is 0 Å². The number of nitrogens with zero attached hydrogens (tertiary/aromatic N) is 2. The van der Waals surface area contributed by atoms with E-state index in [0.29, 0.717) is 18.0 Å². The summed E-state index contributed by atoms with van der Waals surface area (Å²) in [6.45, 7) is 4.76. The Morgan fingerprint density at radius 2 is 2.00 bits per heavy atom. The van der Waals surface area contributed by atoms with Gasteiger partial charge in [-0.05, 0) is 57.4 Å². The maximum Gasteiger partial charge on any atom is 0.317 e. The van der Waals surface area contributed by atoms with E-state index in [1.165, 1.54) is 0 Å². The number of carbonyl (C=O) groups is 2. The predicted molar refractivity (Wildman–Crippen MR) is 108 cm³/mol. The molecule has 1 aromatic heterocycles. The first kappa shape index (κ1) is 18.9. The summed E-state index contributed by atoms with van der Waals surface area (Å²) in [5.74, 6) is -0.371. The largest absolute Gasteiger partial charge is 0.480 e. The van der Waals surface area contributed by atoms with Crippen LogP contribution in [0.25, 0.3) is 10.9 Å². The van der Waals surface area contributed by atoms with E-state index < -0.39 is 5.97 Å². The molecule has 4 rings (SSSR count). The Bertz CT molecular complexity index is 917. The fourth-order valence-electron chi connectivity index (χ4n) is 4.08. The number of carboxylic acids is 1. The van der Waals surface area contributed by atoms with Crippen LogP contribution >= 0.6 is 0 Å². The van der Waals surface area contributed by atoms with Crippen LogP contribution in [0.5, 0.6) is 0 Å². The van der Waals surface area contributed by atoms with Gasteiger partial charge in [0.2, 0.25) is 0 Å². The average molecular weight is 381 g/mol. The summed E-state index contributed by atoms with van der Waals surface area (Å²) in [5.41, 5.74) is 3.72. The molecule has 0 aliphatic heterocycles. The fraction of sp³-hybridized carbons (Fsp3) is 0.500. The zero-order valence-corrected chi connectivity index (χ0v) is 16.4. The van der Waals surface area contributed by atoms with Crippen molar-refractivity contribution >= 4 is 22.8 Å². The Balaban J connectivity index is 1.49. The van der Waals surface area contributed by atoms with Gasteiger partial charge in [-0.15, -0.1) is 0 Å². The lowest BCUT2D eigenvalue weighted by Crippen LogP contribution is -2.54. The third kappa shape index (κ3) is 3.87. The quantitative estimate of drug-likeness (QED) is 0.770. The molecule has 2 saturated carbocycles. The van der Waals surface area contributed by atoms with E-state index in [-0.39, 0.29) is 24.5 Å². The predicted octanol–water partition coefficient (Wildman–Crippen LogP) is 3.09. The van der Waals surface area contributed by atoms with E-state index in [0.717, 1.165) is 47.8 Å². The monoisotopic (exact) mass is 381 g/mol. The Hall–Kier alpha value is -2.47. The molecule has 0 atom stereocenters. The van der Waals surface area contributed by atoms with E-state index in [1.54, 1.807) is 0 Å². The van der Waals surface area contributed by atoms with E-state index >= 15 is 0 Å². The van der Waals surface area contributed by atoms with Gasteiger partial charge < -0.3 is 10.4 Å². The van der Waals surface area contributed by atoms with Gasteiger partial charge in [0, 0.05) is 29.1 Å². The van der Waals surface area contributed by atoms with Crippen LogP contribution in [0, 0.1) is 6.92 Å². The molecule has 0 spiro atoms. The highest BCUT2D eigenvalue weighted by atomic mass is 16.4. The molecule has 2 aliphatic rings. The highest BCUT2D eigenvalue weighted by Crippen LogP contribution is 2.40. The number of rotatable bonds is 7. The summed E-state index contributed by atoms with van der Waals surface area (Å²) in [7, 11) is 0. The van der Waals surface area contributed by atoms with Gasteiger partial charge in [0.15, 0.2) is 0 Å². The van der Waals surface area contributed by atoms with Crippen LogP contribution in [0.1, 0.15) is 60.1 Å². The van der Waals surface area contributed by atoms with Gasteiger partial charge in [0.05, 0.1) is 17.6 Å². The third-order valence-corrected chi connectivity index (χ3v) is 5.93. The first-order valence-corrected chi connectivity index (χ1v) is 10.1. The lowest BCUT2D eigenvalue weighted by molar-refractivity contribution is -0.139. The molecule has 0 bridgehead atoms. The third-order valence-electron chi connectivity index (χ3n) is 5.93. The zero-order valence-electron chi connectivity index (χ0n) is 16.4. The van der Waals surface area contributed by atoms with Crippen molar-refractivity contribution in [1.82, 2.24) is 15.2 Å². The van der Waals surface area contributed by atoms with Crippen LogP contribution in [-0.4, -0.2) is 52.0 Å². The number of hydrogen-bond donors (Lipinski definition) is 2. The molecule has 148 valence electrons. The Morgan fingerprint density at radius 1 is 1.25 bits per heavy atom. The van der Waals surface area contributed by atoms with Crippen molar-refractivity contribution in [2.75, 3.05) is 13.1 Å². The SMILES string of the molecule is CCN(CC(=O)O)C1CC(NC(=O)c2cc(C3CC3)nc3ccc(C)cc23)C1. The van der Waals surface area contributed by atoms with Gasteiger partial charge in [-0.3, -0.25) is 19.5 Å². The van der Waals surface area contributed by atoms with Gasteiger partial charge in [0.25, 0.3) is 5.91 Å². The summed E-state index contributed by atoms with van der Waals surface area (Å²) in [6, 6.07) is 8.35. The van der Waals surface area contributed by atoms with Crippen molar-refractivity contribution in [1.29, 1.82) is 0 Å². The molecule has 2 fully saturated rings. The van der Waals surface area contributed by atoms with Crippen LogP contribution in [0.15, 0.2) is 24.3 Å². The number of likely N-dealkylation sites (N-methyl/N-ethyl adjacent to an activating group) is 1. The van der Waals surface area contributed by atoms with Crippen LogP contribution in [0.3, 0.4) is 0 Å². The molecule has 0 saturated heterocycles. The van der Waals surface area contributed by atoms with Gasteiger partial charge in [-0.25, -0.2) is 0 Å². The zero-order chi connectivity index (χ0) is 19.8. The second-order valence-electron chi connectivity index (χ2n) is 8.14. The minimum absolute atomic E-state index is 0.0513. The Morgan fingerprint density at radius 3 is 2.64 bits per heavy atom. The summed E-state index contributed by atoms with van der Waals surface area (Å²) in [6.07, 6.45) is 3.88. The maximum atomic E-state index is 13.0. The topological polar surface area (TPSA) is 82.5 Å². The molecular weight excluding hydrogens is 354 g/mol. The molecule has 6 heteroatoms. The van der Waals surface area contributed by atoms with E-state index in [2.05, 4.69) is 5.32 Å². The minimum atomic E-state index is -0.805. The molecule has 2 aliphatic carbocycles. The van der Waals surface area contributed by atoms with Gasteiger partial charge in [0.1, 0.15) is 0 Å². The summed E-state index contributed by atoms with van der Waals surface area (Å²) >= 11 is 0. The first-order valence-electron chi connectivity index (χ1n) is 10.1. The van der Waals surface area contributed by atoms with Crippen molar-refractivity contribution in [3.63, 3.8) is 0 Å². The number of aromatic nitrogens is 1. The van der Waals surface area contributed by atoms with E-state index in [1.807, 2.05) is 43.0 Å². The second-order valence-corrected chi connectivity index (χ2v) is 8.14. The molecule has 1 aromatic carbocycles. The van der Waals surface area contributed by atoms with Crippen LogP contribution in [0.4, 0.5) is 0 Å². The van der Waals surface area contributed by atoms with E-state index in [9.17, 15) is 9.59 Å². The lowest BCUT2D eigenvalue weighted by atomic mass is 9.85. The molecule has 2 aromatic rings. The van der Waals surface area contributed by atoms with E-state index in [4.69, 9.17) is 10.1 Å².